The third-order valence-corrected chi connectivity index (χ3v) is 14.5. The Morgan fingerprint density at radius 2 is 0.609 bits per heavy atom. The zero-order chi connectivity index (χ0) is 45.4. The zero-order valence-corrected chi connectivity index (χ0v) is 38.1. The highest BCUT2D eigenvalue weighted by atomic mass is 15.0. The topological polar surface area (TPSA) is 51.9 Å². The number of aryl methyl sites for hydroxylation is 6. The number of pyridine rings is 3. The lowest BCUT2D eigenvalue weighted by Gasteiger charge is -2.18. The van der Waals surface area contributed by atoms with Gasteiger partial charge in [0.1, 0.15) is 16.9 Å². The van der Waals surface area contributed by atoms with Crippen molar-refractivity contribution < 1.29 is 0 Å². The number of aromatic nitrogens is 6. The number of para-hydroxylation sites is 3. The fourth-order valence-corrected chi connectivity index (χ4v) is 11.4. The molecule has 6 nitrogen and oxygen atoms in total. The van der Waals surface area contributed by atoms with Gasteiger partial charge in [0, 0.05) is 50.9 Å². The summed E-state index contributed by atoms with van der Waals surface area (Å²) in [5.74, 6) is 0. The fraction of sp³-hybridized carbons (Fsp3) is 0.0952. The predicted octanol–water partition coefficient (Wildman–Crippen LogP) is 14.6. The van der Waals surface area contributed by atoms with E-state index in [2.05, 4.69) is 220 Å². The van der Waals surface area contributed by atoms with Crippen LogP contribution in [0.5, 0.6) is 0 Å². The summed E-state index contributed by atoms with van der Waals surface area (Å²) in [7, 11) is 0. The molecule has 0 bridgehead atoms. The summed E-state index contributed by atoms with van der Waals surface area (Å²) in [6, 6.07) is 68.1. The van der Waals surface area contributed by atoms with Crippen molar-refractivity contribution in [1.29, 1.82) is 0 Å². The molecule has 0 aliphatic heterocycles. The Labute approximate surface area is 398 Å². The Bertz CT molecular complexity index is 3930. The molecule has 0 aliphatic rings. The van der Waals surface area contributed by atoms with Gasteiger partial charge in [-0.25, -0.2) is 15.0 Å². The van der Waals surface area contributed by atoms with Crippen LogP contribution in [0.1, 0.15) is 33.8 Å². The third kappa shape index (κ3) is 6.58. The minimum atomic E-state index is 0.812. The summed E-state index contributed by atoms with van der Waals surface area (Å²) in [5, 5.41) is 11.0. The van der Waals surface area contributed by atoms with Crippen molar-refractivity contribution in [3.63, 3.8) is 0 Å². The average Bonchev–Trinajstić information content (AvgIpc) is 4.18. The van der Waals surface area contributed by atoms with Crippen LogP contribution in [0.15, 0.2) is 207 Å². The fourth-order valence-electron chi connectivity index (χ4n) is 11.4. The van der Waals surface area contributed by atoms with Gasteiger partial charge in [0.25, 0.3) is 0 Å². The van der Waals surface area contributed by atoms with Crippen LogP contribution < -0.4 is 0 Å². The molecule has 14 aromatic rings. The molecule has 0 amide bonds. The third-order valence-electron chi connectivity index (χ3n) is 14.5. The predicted molar refractivity (Wildman–Crippen MR) is 285 cm³/mol. The number of hydrogen-bond acceptors (Lipinski definition) is 3. The summed E-state index contributed by atoms with van der Waals surface area (Å²) in [5.41, 5.74) is 16.5. The van der Waals surface area contributed by atoms with Crippen molar-refractivity contribution in [2.45, 2.75) is 38.5 Å². The highest BCUT2D eigenvalue weighted by Gasteiger charge is 2.19. The molecule has 0 atom stereocenters. The van der Waals surface area contributed by atoms with Crippen molar-refractivity contribution in [2.24, 2.45) is 0 Å². The van der Waals surface area contributed by atoms with Gasteiger partial charge in [-0.3, -0.25) is 13.2 Å². The average molecular weight is 887 g/mol. The van der Waals surface area contributed by atoms with Crippen LogP contribution in [-0.4, -0.2) is 28.2 Å². The quantitative estimate of drug-likeness (QED) is 0.129. The first kappa shape index (κ1) is 39.5. The molecule has 328 valence electrons. The zero-order valence-electron chi connectivity index (χ0n) is 38.1. The molecule has 6 heterocycles. The summed E-state index contributed by atoms with van der Waals surface area (Å²) < 4.78 is 6.90. The van der Waals surface area contributed by atoms with Gasteiger partial charge in [-0.2, -0.15) is 0 Å². The molecule has 6 aromatic heterocycles. The minimum absolute atomic E-state index is 0.812. The van der Waals surface area contributed by atoms with Crippen molar-refractivity contribution >= 4 is 82.0 Å². The second-order valence-corrected chi connectivity index (χ2v) is 18.6. The molecule has 0 saturated heterocycles. The first-order chi connectivity index (χ1) is 34.2. The van der Waals surface area contributed by atoms with Gasteiger partial charge < -0.3 is 0 Å². The molecule has 0 saturated carbocycles. The Kier molecular flexibility index (Phi) is 9.19. The number of hydrogen-bond donors (Lipinski definition) is 0. The van der Waals surface area contributed by atoms with Crippen LogP contribution in [0, 0.1) is 0 Å². The van der Waals surface area contributed by atoms with Crippen LogP contribution in [0.3, 0.4) is 0 Å². The molecule has 6 heteroatoms. The molecule has 8 aromatic carbocycles. The maximum absolute atomic E-state index is 5.37. The van der Waals surface area contributed by atoms with Gasteiger partial charge in [0.15, 0.2) is 0 Å². The van der Waals surface area contributed by atoms with Gasteiger partial charge in [-0.1, -0.05) is 170 Å². The first-order valence-corrected chi connectivity index (χ1v) is 24.2. The van der Waals surface area contributed by atoms with Crippen LogP contribution in [-0.2, 0) is 38.5 Å². The Morgan fingerprint density at radius 3 is 1.00 bits per heavy atom. The number of rotatable bonds is 10. The van der Waals surface area contributed by atoms with E-state index in [9.17, 15) is 0 Å². The van der Waals surface area contributed by atoms with Gasteiger partial charge >= 0.3 is 0 Å². The van der Waals surface area contributed by atoms with E-state index in [-0.39, 0.29) is 0 Å². The molecular weight excluding hydrogens is 841 g/mol. The second kappa shape index (κ2) is 16.0. The van der Waals surface area contributed by atoms with E-state index >= 15 is 0 Å². The van der Waals surface area contributed by atoms with Crippen molar-refractivity contribution in [3.8, 4) is 11.1 Å². The van der Waals surface area contributed by atoms with Gasteiger partial charge in [0.05, 0.1) is 33.6 Å². The molecule has 0 spiro atoms. The lowest BCUT2D eigenvalue weighted by Crippen LogP contribution is -2.04. The summed E-state index contributed by atoms with van der Waals surface area (Å²) in [6.45, 7) is 0. The van der Waals surface area contributed by atoms with Crippen LogP contribution in [0.25, 0.3) is 93.1 Å². The maximum atomic E-state index is 5.37. The lowest BCUT2D eigenvalue weighted by molar-refractivity contribution is 0.882. The summed E-state index contributed by atoms with van der Waals surface area (Å²) in [6.07, 6.45) is 11.8. The molecule has 0 fully saturated rings. The van der Waals surface area contributed by atoms with Gasteiger partial charge in [0.2, 0.25) is 0 Å². The molecule has 14 rings (SSSR count). The Morgan fingerprint density at radius 1 is 0.290 bits per heavy atom. The van der Waals surface area contributed by atoms with E-state index in [1.165, 1.54) is 92.8 Å². The highest BCUT2D eigenvalue weighted by molar-refractivity contribution is 6.13. The van der Waals surface area contributed by atoms with E-state index in [0.29, 0.717) is 0 Å². The second-order valence-electron chi connectivity index (χ2n) is 18.6. The normalized spacial score (nSPS) is 12.1. The van der Waals surface area contributed by atoms with Crippen molar-refractivity contribution in [3.05, 3.63) is 240 Å². The lowest BCUT2D eigenvalue weighted by atomic mass is 9.87. The number of benzene rings is 8. The summed E-state index contributed by atoms with van der Waals surface area (Å²) >= 11 is 0. The Hall–Kier alpha value is -8.61. The largest absolute Gasteiger partial charge is 0.299 e. The Balaban J connectivity index is 0.877. The SMILES string of the molecule is c1ccc(-c2c(CCc3cn4c5ccccc5c5ccccc5c4n3)cc(CCc3cn4c5ccccc5c5ccccc5c4n3)cc2CCc2cn3c4ccccc4c4ccccc4c3n2)cc1. The smallest absolute Gasteiger partial charge is 0.145 e. The molecule has 0 radical (unpaired) electrons. The van der Waals surface area contributed by atoms with Crippen molar-refractivity contribution in [1.82, 2.24) is 28.2 Å². The number of imidazole rings is 3. The van der Waals surface area contributed by atoms with Crippen LogP contribution in [0.4, 0.5) is 0 Å². The van der Waals surface area contributed by atoms with Crippen LogP contribution in [0.2, 0.25) is 0 Å². The monoisotopic (exact) mass is 886 g/mol. The van der Waals surface area contributed by atoms with E-state index < -0.39 is 0 Å². The first-order valence-electron chi connectivity index (χ1n) is 24.2. The van der Waals surface area contributed by atoms with E-state index in [4.69, 9.17) is 15.0 Å². The molecular formula is C63H46N6. The van der Waals surface area contributed by atoms with Crippen LogP contribution >= 0.6 is 0 Å². The van der Waals surface area contributed by atoms with Gasteiger partial charge in [-0.15, -0.1) is 0 Å². The number of fused-ring (bicyclic) bond motifs is 18. The standard InChI is InChI=1S/C63H46N6/c1-2-16-42(17-3-1)60-43(31-34-46-39-68-58-28-14-11-22-52(58)49-19-5-8-25-55(49)62(68)65-46)36-41(30-33-45-38-67-57-27-13-10-21-51(57)48-18-4-7-24-54(48)61(67)64-45)37-44(60)32-35-47-40-69-59-29-15-12-23-53(59)50-20-6-9-26-56(50)63(69)66-47/h1-29,36-40H,30-35H2. The van der Waals surface area contributed by atoms with Crippen molar-refractivity contribution in [2.75, 3.05) is 0 Å². The van der Waals surface area contributed by atoms with Gasteiger partial charge in [-0.05, 0) is 101 Å². The van der Waals surface area contributed by atoms with E-state index in [1.54, 1.807) is 0 Å². The molecule has 69 heavy (non-hydrogen) atoms. The molecule has 0 aliphatic carbocycles. The molecule has 0 N–H and O–H groups in total. The maximum Gasteiger partial charge on any atom is 0.145 e. The molecule has 0 unspecified atom stereocenters. The highest BCUT2D eigenvalue weighted by Crippen LogP contribution is 2.36. The summed E-state index contributed by atoms with van der Waals surface area (Å²) in [4.78, 5) is 16.1. The minimum Gasteiger partial charge on any atom is -0.299 e. The number of nitrogens with zero attached hydrogens (tertiary/aromatic N) is 6. The van der Waals surface area contributed by atoms with E-state index in [1.807, 2.05) is 0 Å². The van der Waals surface area contributed by atoms with E-state index in [0.717, 1.165) is 72.5 Å².